The van der Waals surface area contributed by atoms with E-state index in [9.17, 15) is 15.0 Å². The van der Waals surface area contributed by atoms with Gasteiger partial charge in [0, 0.05) is 5.56 Å². The fourth-order valence-corrected chi connectivity index (χ4v) is 3.47. The number of aromatic hydroxyl groups is 1. The minimum Gasteiger partial charge on any atom is -0.502 e. The van der Waals surface area contributed by atoms with E-state index >= 15 is 0 Å². The van der Waals surface area contributed by atoms with E-state index in [2.05, 4.69) is 20.8 Å². The average molecular weight is 469 g/mol. The third kappa shape index (κ3) is 10.0. The summed E-state index contributed by atoms with van der Waals surface area (Å²) < 4.78 is 23.3. The highest BCUT2D eigenvalue weighted by atomic mass is 16.7. The maximum Gasteiger partial charge on any atom is 0.511 e. The highest BCUT2D eigenvalue weighted by Gasteiger charge is 2.30. The Morgan fingerprint density at radius 2 is 1.09 bits per heavy atom. The van der Waals surface area contributed by atoms with E-state index in [1.165, 1.54) is 0 Å². The van der Waals surface area contributed by atoms with Crippen molar-refractivity contribution in [2.45, 2.75) is 105 Å². The van der Waals surface area contributed by atoms with Crippen LogP contribution in [-0.2, 0) is 6.42 Å². The molecule has 1 rings (SSSR count). The van der Waals surface area contributed by atoms with Crippen molar-refractivity contribution in [3.63, 3.8) is 0 Å². The number of unbranched alkanes of at least 4 members (excludes halogenated alkanes) is 7. The molecule has 1 aromatic rings. The van der Waals surface area contributed by atoms with Crippen molar-refractivity contribution in [1.82, 2.24) is 0 Å². The lowest BCUT2D eigenvalue weighted by atomic mass is 10.0. The van der Waals surface area contributed by atoms with Crippen LogP contribution in [0.15, 0.2) is 0 Å². The van der Waals surface area contributed by atoms with Crippen molar-refractivity contribution in [3.8, 4) is 28.7 Å². The molecule has 7 nitrogen and oxygen atoms in total. The summed E-state index contributed by atoms with van der Waals surface area (Å²) in [6.45, 7) is 9.69. The van der Waals surface area contributed by atoms with Gasteiger partial charge in [0.05, 0.1) is 19.8 Å². The van der Waals surface area contributed by atoms with Crippen molar-refractivity contribution in [2.24, 2.45) is 0 Å². The van der Waals surface area contributed by atoms with Gasteiger partial charge in [0.2, 0.25) is 17.2 Å². The van der Waals surface area contributed by atoms with Crippen LogP contribution < -0.4 is 18.9 Å². The molecule has 0 saturated heterocycles. The quantitative estimate of drug-likeness (QED) is 0.123. The van der Waals surface area contributed by atoms with E-state index in [4.69, 9.17) is 18.9 Å². The molecule has 0 fully saturated rings. The highest BCUT2D eigenvalue weighted by molar-refractivity contribution is 5.73. The number of carboxylic acid groups (broad SMARTS) is 1. The van der Waals surface area contributed by atoms with Crippen LogP contribution in [0, 0.1) is 0 Å². The molecule has 0 heterocycles. The van der Waals surface area contributed by atoms with Gasteiger partial charge in [-0.1, -0.05) is 72.6 Å². The number of carbonyl (C=O) groups is 1. The first-order chi connectivity index (χ1) is 16.0. The number of hydrogen-bond acceptors (Lipinski definition) is 6. The van der Waals surface area contributed by atoms with Crippen LogP contribution in [-0.4, -0.2) is 36.2 Å². The zero-order chi connectivity index (χ0) is 24.5. The molecule has 0 spiro atoms. The van der Waals surface area contributed by atoms with Crippen LogP contribution in [0.25, 0.3) is 0 Å². The standard InChI is InChI=1S/C26H44O7/c1-5-9-13-17-30-23-20(16-12-8-4)22(33-26(28)29)21(27)24(31-18-14-10-6-2)25(23)32-19-15-11-7-3/h27H,5-19H2,1-4H3,(H,28,29). The van der Waals surface area contributed by atoms with Crippen molar-refractivity contribution < 1.29 is 34.0 Å². The van der Waals surface area contributed by atoms with Gasteiger partial charge in [0.15, 0.2) is 11.5 Å². The molecule has 0 bridgehead atoms. The van der Waals surface area contributed by atoms with Gasteiger partial charge in [-0.05, 0) is 32.1 Å². The first kappa shape index (κ1) is 28.7. The molecule has 7 heteroatoms. The highest BCUT2D eigenvalue weighted by Crippen LogP contribution is 2.54. The molecule has 1 aromatic carbocycles. The van der Waals surface area contributed by atoms with Crippen LogP contribution in [0.2, 0.25) is 0 Å². The second-order valence-electron chi connectivity index (χ2n) is 8.28. The third-order valence-corrected chi connectivity index (χ3v) is 5.34. The van der Waals surface area contributed by atoms with Crippen LogP contribution in [0.3, 0.4) is 0 Å². The Morgan fingerprint density at radius 3 is 1.55 bits per heavy atom. The number of phenols is 1. The molecule has 0 atom stereocenters. The van der Waals surface area contributed by atoms with Gasteiger partial charge in [-0.2, -0.15) is 0 Å². The van der Waals surface area contributed by atoms with E-state index in [0.717, 1.165) is 70.6 Å². The smallest absolute Gasteiger partial charge is 0.502 e. The lowest BCUT2D eigenvalue weighted by molar-refractivity contribution is 0.141. The molecule has 0 amide bonds. The lowest BCUT2D eigenvalue weighted by Gasteiger charge is -2.23. The summed E-state index contributed by atoms with van der Waals surface area (Å²) in [7, 11) is 0. The summed E-state index contributed by atoms with van der Waals surface area (Å²) >= 11 is 0. The Bertz CT molecular complexity index is 688. The maximum atomic E-state index is 11.5. The number of phenolic OH excluding ortho intramolecular Hbond substituents is 1. The van der Waals surface area contributed by atoms with Crippen LogP contribution in [0.5, 0.6) is 28.7 Å². The van der Waals surface area contributed by atoms with Gasteiger partial charge >= 0.3 is 6.16 Å². The van der Waals surface area contributed by atoms with Crippen LogP contribution >= 0.6 is 0 Å². The minimum atomic E-state index is -1.49. The van der Waals surface area contributed by atoms with Crippen LogP contribution in [0.1, 0.15) is 104 Å². The van der Waals surface area contributed by atoms with E-state index in [1.54, 1.807) is 0 Å². The summed E-state index contributed by atoms with van der Waals surface area (Å²) in [6, 6.07) is 0. The van der Waals surface area contributed by atoms with E-state index in [1.807, 2.05) is 6.92 Å². The Labute approximate surface area is 199 Å². The zero-order valence-corrected chi connectivity index (χ0v) is 21.0. The van der Waals surface area contributed by atoms with E-state index < -0.39 is 6.16 Å². The van der Waals surface area contributed by atoms with Crippen molar-refractivity contribution >= 4 is 6.16 Å². The summed E-state index contributed by atoms with van der Waals surface area (Å²) in [6.07, 6.45) is 9.39. The first-order valence-electron chi connectivity index (χ1n) is 12.7. The van der Waals surface area contributed by atoms with Crippen molar-refractivity contribution in [2.75, 3.05) is 19.8 Å². The molecule has 2 N–H and O–H groups in total. The third-order valence-electron chi connectivity index (χ3n) is 5.34. The molecule has 0 unspecified atom stereocenters. The largest absolute Gasteiger partial charge is 0.511 e. The molecule has 0 aliphatic rings. The Balaban J connectivity index is 3.51. The van der Waals surface area contributed by atoms with Crippen molar-refractivity contribution in [3.05, 3.63) is 5.56 Å². The monoisotopic (exact) mass is 468 g/mol. The lowest BCUT2D eigenvalue weighted by Crippen LogP contribution is -2.12. The fourth-order valence-electron chi connectivity index (χ4n) is 3.47. The molecule has 0 radical (unpaired) electrons. The second kappa shape index (κ2) is 17.2. The SMILES string of the molecule is CCCCCOc1c(O)c(OC(=O)O)c(CCCC)c(OCCCCC)c1OCCCCC. The van der Waals surface area contributed by atoms with E-state index in [0.29, 0.717) is 43.3 Å². The topological polar surface area (TPSA) is 94.5 Å². The summed E-state index contributed by atoms with van der Waals surface area (Å²) in [5, 5.41) is 20.4. The van der Waals surface area contributed by atoms with Gasteiger partial charge in [0.25, 0.3) is 0 Å². The molecule has 0 aliphatic carbocycles. The number of benzene rings is 1. The Morgan fingerprint density at radius 1 is 0.636 bits per heavy atom. The van der Waals surface area contributed by atoms with Gasteiger partial charge in [-0.25, -0.2) is 4.79 Å². The average Bonchev–Trinajstić information content (AvgIpc) is 2.79. The first-order valence-corrected chi connectivity index (χ1v) is 12.7. The maximum absolute atomic E-state index is 11.5. The molecular formula is C26H44O7. The van der Waals surface area contributed by atoms with Gasteiger partial charge in [-0.15, -0.1) is 0 Å². The molecule has 0 saturated carbocycles. The normalized spacial score (nSPS) is 10.8. The summed E-state index contributed by atoms with van der Waals surface area (Å²) in [5.74, 6) is 0.417. The summed E-state index contributed by atoms with van der Waals surface area (Å²) in [4.78, 5) is 11.5. The predicted octanol–water partition coefficient (Wildman–Crippen LogP) is 7.50. The number of ether oxygens (including phenoxy) is 4. The number of rotatable bonds is 19. The summed E-state index contributed by atoms with van der Waals surface area (Å²) in [5.41, 5.74) is 0.514. The second-order valence-corrected chi connectivity index (χ2v) is 8.28. The zero-order valence-electron chi connectivity index (χ0n) is 21.0. The Hall–Kier alpha value is -2.31. The molecule has 33 heavy (non-hydrogen) atoms. The van der Waals surface area contributed by atoms with Gasteiger partial charge < -0.3 is 29.2 Å². The van der Waals surface area contributed by atoms with Crippen molar-refractivity contribution in [1.29, 1.82) is 0 Å². The molecule has 190 valence electrons. The molecular weight excluding hydrogens is 424 g/mol. The van der Waals surface area contributed by atoms with Gasteiger partial charge in [0.1, 0.15) is 0 Å². The molecule has 0 aromatic heterocycles. The van der Waals surface area contributed by atoms with Crippen LogP contribution in [0.4, 0.5) is 4.79 Å². The minimum absolute atomic E-state index is 0.101. The predicted molar refractivity (Wildman–Crippen MR) is 130 cm³/mol. The van der Waals surface area contributed by atoms with Gasteiger partial charge in [-0.3, -0.25) is 0 Å². The molecule has 0 aliphatic heterocycles. The number of hydrogen-bond donors (Lipinski definition) is 2. The Kier molecular flexibility index (Phi) is 15.0. The van der Waals surface area contributed by atoms with E-state index in [-0.39, 0.29) is 17.2 Å². The fraction of sp³-hybridized carbons (Fsp3) is 0.731.